The summed E-state index contributed by atoms with van der Waals surface area (Å²) in [6.07, 6.45) is 0.107. The molecule has 0 aliphatic heterocycles. The van der Waals surface area contributed by atoms with E-state index in [1.807, 2.05) is 49.4 Å². The standard InChI is InChI=1S/C22H18ClNO3/c1-14-9-15(11-18(23)10-14)12-21(25)24-20-13-17(7-8-19(20)22(26)27)16-5-3-2-4-6-16/h2-11,13H,12H2,1H3,(H,24,25)(H,26,27). The summed E-state index contributed by atoms with van der Waals surface area (Å²) < 4.78 is 0. The van der Waals surface area contributed by atoms with Crippen LogP contribution in [0, 0.1) is 6.92 Å². The third-order valence-corrected chi connectivity index (χ3v) is 4.32. The average Bonchev–Trinajstić information content (AvgIpc) is 2.61. The molecular weight excluding hydrogens is 362 g/mol. The second kappa shape index (κ2) is 8.06. The number of hydrogen-bond acceptors (Lipinski definition) is 2. The van der Waals surface area contributed by atoms with Gasteiger partial charge >= 0.3 is 5.97 Å². The topological polar surface area (TPSA) is 66.4 Å². The number of carbonyl (C=O) groups excluding carboxylic acids is 1. The molecule has 0 radical (unpaired) electrons. The summed E-state index contributed by atoms with van der Waals surface area (Å²) in [5, 5.41) is 12.7. The first kappa shape index (κ1) is 18.7. The Hall–Kier alpha value is -3.11. The highest BCUT2D eigenvalue weighted by Gasteiger charge is 2.14. The van der Waals surface area contributed by atoms with Gasteiger partial charge in [0.25, 0.3) is 0 Å². The van der Waals surface area contributed by atoms with Crippen LogP contribution >= 0.6 is 11.6 Å². The van der Waals surface area contributed by atoms with Crippen LogP contribution in [0.2, 0.25) is 5.02 Å². The van der Waals surface area contributed by atoms with Crippen molar-refractivity contribution in [2.24, 2.45) is 0 Å². The molecule has 4 nitrogen and oxygen atoms in total. The zero-order valence-electron chi connectivity index (χ0n) is 14.7. The number of rotatable bonds is 5. The number of aryl methyl sites for hydroxylation is 1. The van der Waals surface area contributed by atoms with E-state index in [2.05, 4.69) is 5.32 Å². The lowest BCUT2D eigenvalue weighted by Crippen LogP contribution is -2.17. The number of hydrogen-bond donors (Lipinski definition) is 2. The van der Waals surface area contributed by atoms with Crippen molar-refractivity contribution in [1.29, 1.82) is 0 Å². The number of amides is 1. The van der Waals surface area contributed by atoms with Crippen LogP contribution in [-0.4, -0.2) is 17.0 Å². The number of halogens is 1. The SMILES string of the molecule is Cc1cc(Cl)cc(CC(=O)Nc2cc(-c3ccccc3)ccc2C(=O)O)c1. The van der Waals surface area contributed by atoms with E-state index in [0.29, 0.717) is 5.02 Å². The van der Waals surface area contributed by atoms with Gasteiger partial charge < -0.3 is 10.4 Å². The van der Waals surface area contributed by atoms with Crippen LogP contribution < -0.4 is 5.32 Å². The fourth-order valence-corrected chi connectivity index (χ4v) is 3.25. The van der Waals surface area contributed by atoms with Gasteiger partial charge in [0, 0.05) is 5.02 Å². The molecule has 0 saturated heterocycles. The third-order valence-electron chi connectivity index (χ3n) is 4.10. The van der Waals surface area contributed by atoms with Crippen molar-refractivity contribution in [2.45, 2.75) is 13.3 Å². The van der Waals surface area contributed by atoms with Crippen LogP contribution in [0.15, 0.2) is 66.7 Å². The minimum Gasteiger partial charge on any atom is -0.478 e. The first-order valence-electron chi connectivity index (χ1n) is 8.41. The molecule has 0 unspecified atom stereocenters. The average molecular weight is 380 g/mol. The monoisotopic (exact) mass is 379 g/mol. The number of carboxylic acid groups (broad SMARTS) is 1. The van der Waals surface area contributed by atoms with E-state index in [1.54, 1.807) is 18.2 Å². The van der Waals surface area contributed by atoms with E-state index in [4.69, 9.17) is 11.6 Å². The van der Waals surface area contributed by atoms with Crippen LogP contribution in [0.4, 0.5) is 5.69 Å². The van der Waals surface area contributed by atoms with Gasteiger partial charge in [-0.1, -0.05) is 54.1 Å². The van der Waals surface area contributed by atoms with Gasteiger partial charge in [0.15, 0.2) is 0 Å². The number of benzene rings is 3. The highest BCUT2D eigenvalue weighted by atomic mass is 35.5. The molecule has 0 aromatic heterocycles. The fourth-order valence-electron chi connectivity index (χ4n) is 2.94. The maximum Gasteiger partial charge on any atom is 0.337 e. The Morgan fingerprint density at radius 2 is 1.70 bits per heavy atom. The molecule has 3 aromatic carbocycles. The molecular formula is C22H18ClNO3. The summed E-state index contributed by atoms with van der Waals surface area (Å²) >= 11 is 6.04. The van der Waals surface area contributed by atoms with E-state index < -0.39 is 5.97 Å². The largest absolute Gasteiger partial charge is 0.478 e. The number of aromatic carboxylic acids is 1. The lowest BCUT2D eigenvalue weighted by atomic mass is 10.0. The summed E-state index contributed by atoms with van der Waals surface area (Å²) in [5.74, 6) is -1.40. The highest BCUT2D eigenvalue weighted by Crippen LogP contribution is 2.26. The molecule has 136 valence electrons. The van der Waals surface area contributed by atoms with Crippen molar-refractivity contribution >= 4 is 29.2 Å². The van der Waals surface area contributed by atoms with Crippen LogP contribution in [0.25, 0.3) is 11.1 Å². The van der Waals surface area contributed by atoms with E-state index >= 15 is 0 Å². The molecule has 3 aromatic rings. The molecule has 0 atom stereocenters. The summed E-state index contributed by atoms with van der Waals surface area (Å²) in [7, 11) is 0. The predicted molar refractivity (Wildman–Crippen MR) is 107 cm³/mol. The molecule has 0 fully saturated rings. The zero-order chi connectivity index (χ0) is 19.4. The second-order valence-electron chi connectivity index (χ2n) is 6.29. The number of carbonyl (C=O) groups is 2. The molecule has 0 saturated carbocycles. The zero-order valence-corrected chi connectivity index (χ0v) is 15.5. The van der Waals surface area contributed by atoms with Crippen molar-refractivity contribution in [3.63, 3.8) is 0 Å². The van der Waals surface area contributed by atoms with E-state index in [1.165, 1.54) is 6.07 Å². The Bertz CT molecular complexity index is 979. The van der Waals surface area contributed by atoms with Crippen molar-refractivity contribution in [2.75, 3.05) is 5.32 Å². The van der Waals surface area contributed by atoms with Crippen LogP contribution in [0.3, 0.4) is 0 Å². The molecule has 0 aliphatic rings. The first-order chi connectivity index (χ1) is 12.9. The van der Waals surface area contributed by atoms with Crippen molar-refractivity contribution in [3.8, 4) is 11.1 Å². The molecule has 0 aliphatic carbocycles. The molecule has 0 bridgehead atoms. The second-order valence-corrected chi connectivity index (χ2v) is 6.73. The Balaban J connectivity index is 1.87. The lowest BCUT2D eigenvalue weighted by Gasteiger charge is -2.12. The molecule has 0 heterocycles. The maximum atomic E-state index is 12.5. The van der Waals surface area contributed by atoms with Crippen molar-refractivity contribution < 1.29 is 14.7 Å². The van der Waals surface area contributed by atoms with Gasteiger partial charge in [0.05, 0.1) is 17.7 Å². The lowest BCUT2D eigenvalue weighted by molar-refractivity contribution is -0.115. The quantitative estimate of drug-likeness (QED) is 0.640. The Labute approximate surface area is 162 Å². The third kappa shape index (κ3) is 4.74. The molecule has 3 rings (SSSR count). The smallest absolute Gasteiger partial charge is 0.337 e. The van der Waals surface area contributed by atoms with Gasteiger partial charge in [0.2, 0.25) is 5.91 Å². The van der Waals surface area contributed by atoms with E-state index in [9.17, 15) is 14.7 Å². The fraction of sp³-hybridized carbons (Fsp3) is 0.0909. The van der Waals surface area contributed by atoms with E-state index in [0.717, 1.165) is 22.3 Å². The van der Waals surface area contributed by atoms with Gasteiger partial charge in [-0.3, -0.25) is 4.79 Å². The first-order valence-corrected chi connectivity index (χ1v) is 8.79. The highest BCUT2D eigenvalue weighted by molar-refractivity contribution is 6.30. The van der Waals surface area contributed by atoms with Gasteiger partial charge in [0.1, 0.15) is 0 Å². The summed E-state index contributed by atoms with van der Waals surface area (Å²) in [6, 6.07) is 19.9. The maximum absolute atomic E-state index is 12.5. The molecule has 2 N–H and O–H groups in total. The minimum absolute atomic E-state index is 0.0466. The van der Waals surface area contributed by atoms with Crippen molar-refractivity contribution in [1.82, 2.24) is 0 Å². The van der Waals surface area contributed by atoms with E-state index in [-0.39, 0.29) is 23.6 Å². The Morgan fingerprint density at radius 1 is 0.963 bits per heavy atom. The van der Waals surface area contributed by atoms with Crippen LogP contribution in [-0.2, 0) is 11.2 Å². The summed E-state index contributed by atoms with van der Waals surface area (Å²) in [5.41, 5.74) is 3.82. The van der Waals surface area contributed by atoms with Crippen molar-refractivity contribution in [3.05, 3.63) is 88.4 Å². The van der Waals surface area contributed by atoms with Gasteiger partial charge in [-0.05, 0) is 53.4 Å². The van der Waals surface area contributed by atoms with Gasteiger partial charge in [-0.2, -0.15) is 0 Å². The van der Waals surface area contributed by atoms with Gasteiger partial charge in [-0.25, -0.2) is 4.79 Å². The predicted octanol–water partition coefficient (Wildman–Crippen LogP) is 5.19. The van der Waals surface area contributed by atoms with Gasteiger partial charge in [-0.15, -0.1) is 0 Å². The number of nitrogens with one attached hydrogen (secondary N) is 1. The Morgan fingerprint density at radius 3 is 2.37 bits per heavy atom. The van der Waals surface area contributed by atoms with Crippen LogP contribution in [0.5, 0.6) is 0 Å². The van der Waals surface area contributed by atoms with Crippen LogP contribution in [0.1, 0.15) is 21.5 Å². The number of carboxylic acids is 1. The minimum atomic E-state index is -1.09. The Kier molecular flexibility index (Phi) is 5.57. The summed E-state index contributed by atoms with van der Waals surface area (Å²) in [4.78, 5) is 24.0. The molecule has 27 heavy (non-hydrogen) atoms. The molecule has 0 spiro atoms. The normalized spacial score (nSPS) is 10.4. The molecule has 5 heteroatoms. The molecule has 1 amide bonds. The number of anilines is 1. The summed E-state index contributed by atoms with van der Waals surface area (Å²) in [6.45, 7) is 1.90.